The molecule has 1 saturated carbocycles. The zero-order valence-corrected chi connectivity index (χ0v) is 9.68. The number of hydrogen-bond donors (Lipinski definition) is 2. The van der Waals surface area contributed by atoms with Gasteiger partial charge in [-0.15, -0.1) is 0 Å². The van der Waals surface area contributed by atoms with Crippen molar-refractivity contribution in [3.8, 4) is 0 Å². The minimum absolute atomic E-state index is 0.0626. The topological polar surface area (TPSA) is 32.3 Å². The summed E-state index contributed by atoms with van der Waals surface area (Å²) in [6, 6.07) is 0. The molecule has 0 unspecified atom stereocenters. The summed E-state index contributed by atoms with van der Waals surface area (Å²) in [6.07, 6.45) is 7.41. The molecule has 2 N–H and O–H groups in total. The van der Waals surface area contributed by atoms with Gasteiger partial charge in [-0.25, -0.2) is 0 Å². The van der Waals surface area contributed by atoms with Crippen LogP contribution in [-0.4, -0.2) is 23.8 Å². The van der Waals surface area contributed by atoms with E-state index in [1.165, 1.54) is 25.7 Å². The standard InChI is InChI=1S/C12H25NO/c1-11(2)6-9-13-12(10-14)7-4-3-5-8-12/h11,13-14H,3-10H2,1-2H3. The first-order chi connectivity index (χ1) is 6.68. The van der Waals surface area contributed by atoms with Crippen molar-refractivity contribution >= 4 is 0 Å². The Kier molecular flexibility index (Phi) is 4.90. The highest BCUT2D eigenvalue weighted by Gasteiger charge is 2.30. The molecular weight excluding hydrogens is 174 g/mol. The number of rotatable bonds is 5. The van der Waals surface area contributed by atoms with Crippen LogP contribution in [0.2, 0.25) is 0 Å². The summed E-state index contributed by atoms with van der Waals surface area (Å²) in [4.78, 5) is 0. The minimum atomic E-state index is 0.0626. The second-order valence-corrected chi connectivity index (χ2v) is 5.11. The number of nitrogens with one attached hydrogen (secondary N) is 1. The maximum atomic E-state index is 9.44. The summed E-state index contributed by atoms with van der Waals surface area (Å²) in [5.41, 5.74) is 0.0626. The quantitative estimate of drug-likeness (QED) is 0.712. The molecule has 0 spiro atoms. The van der Waals surface area contributed by atoms with Crippen LogP contribution in [0.3, 0.4) is 0 Å². The Morgan fingerprint density at radius 2 is 1.86 bits per heavy atom. The average molecular weight is 199 g/mol. The van der Waals surface area contributed by atoms with Crippen molar-refractivity contribution in [1.82, 2.24) is 5.32 Å². The smallest absolute Gasteiger partial charge is 0.0613 e. The van der Waals surface area contributed by atoms with Gasteiger partial charge < -0.3 is 10.4 Å². The van der Waals surface area contributed by atoms with Gasteiger partial charge in [0.05, 0.1) is 6.61 Å². The predicted molar refractivity (Wildman–Crippen MR) is 60.4 cm³/mol. The molecule has 0 amide bonds. The van der Waals surface area contributed by atoms with Gasteiger partial charge in [0.1, 0.15) is 0 Å². The maximum absolute atomic E-state index is 9.44. The molecule has 1 fully saturated rings. The Hall–Kier alpha value is -0.0800. The van der Waals surface area contributed by atoms with Gasteiger partial charge in [-0.3, -0.25) is 0 Å². The molecule has 0 aromatic rings. The highest BCUT2D eigenvalue weighted by molar-refractivity contribution is 4.90. The molecule has 0 aromatic carbocycles. The molecule has 0 heterocycles. The van der Waals surface area contributed by atoms with Gasteiger partial charge in [-0.05, 0) is 31.7 Å². The van der Waals surface area contributed by atoms with Crippen LogP contribution < -0.4 is 5.32 Å². The largest absolute Gasteiger partial charge is 0.394 e. The molecule has 14 heavy (non-hydrogen) atoms. The number of aliphatic hydroxyl groups is 1. The normalized spacial score (nSPS) is 21.4. The fraction of sp³-hybridized carbons (Fsp3) is 1.00. The van der Waals surface area contributed by atoms with Gasteiger partial charge in [0.2, 0.25) is 0 Å². The molecule has 2 nitrogen and oxygen atoms in total. The van der Waals surface area contributed by atoms with Gasteiger partial charge in [0.25, 0.3) is 0 Å². The second kappa shape index (κ2) is 5.72. The second-order valence-electron chi connectivity index (χ2n) is 5.11. The van der Waals surface area contributed by atoms with Crippen molar-refractivity contribution in [2.45, 2.75) is 57.9 Å². The van der Waals surface area contributed by atoms with E-state index in [1.54, 1.807) is 0 Å². The van der Waals surface area contributed by atoms with Crippen molar-refractivity contribution < 1.29 is 5.11 Å². The molecule has 0 saturated heterocycles. The van der Waals surface area contributed by atoms with Gasteiger partial charge >= 0.3 is 0 Å². The summed E-state index contributed by atoms with van der Waals surface area (Å²) in [5, 5.41) is 13.0. The Morgan fingerprint density at radius 1 is 1.21 bits per heavy atom. The van der Waals surface area contributed by atoms with E-state index in [4.69, 9.17) is 0 Å². The predicted octanol–water partition coefficient (Wildman–Crippen LogP) is 2.32. The molecule has 0 atom stereocenters. The van der Waals surface area contributed by atoms with Crippen molar-refractivity contribution in [2.75, 3.05) is 13.2 Å². The monoisotopic (exact) mass is 199 g/mol. The molecule has 2 heteroatoms. The van der Waals surface area contributed by atoms with Crippen LogP contribution in [0.15, 0.2) is 0 Å². The summed E-state index contributed by atoms with van der Waals surface area (Å²) >= 11 is 0. The molecule has 0 aromatic heterocycles. The Labute approximate surface area is 88.1 Å². The molecule has 84 valence electrons. The van der Waals surface area contributed by atoms with E-state index >= 15 is 0 Å². The van der Waals surface area contributed by atoms with Gasteiger partial charge in [-0.2, -0.15) is 0 Å². The van der Waals surface area contributed by atoms with Gasteiger partial charge in [0.15, 0.2) is 0 Å². The minimum Gasteiger partial charge on any atom is -0.394 e. The van der Waals surface area contributed by atoms with Crippen molar-refractivity contribution in [3.63, 3.8) is 0 Å². The van der Waals surface area contributed by atoms with Gasteiger partial charge in [0, 0.05) is 5.54 Å². The van der Waals surface area contributed by atoms with Crippen LogP contribution in [0.5, 0.6) is 0 Å². The molecule has 1 aliphatic rings. The van der Waals surface area contributed by atoms with E-state index in [2.05, 4.69) is 19.2 Å². The number of hydrogen-bond acceptors (Lipinski definition) is 2. The van der Waals surface area contributed by atoms with Crippen molar-refractivity contribution in [3.05, 3.63) is 0 Å². The lowest BCUT2D eigenvalue weighted by Gasteiger charge is -2.37. The fourth-order valence-electron chi connectivity index (χ4n) is 2.25. The first-order valence-corrected chi connectivity index (χ1v) is 6.04. The van der Waals surface area contributed by atoms with E-state index in [0.29, 0.717) is 6.61 Å². The molecular formula is C12H25NO. The van der Waals surface area contributed by atoms with Crippen molar-refractivity contribution in [2.24, 2.45) is 5.92 Å². The summed E-state index contributed by atoms with van der Waals surface area (Å²) in [6.45, 7) is 5.85. The molecule has 1 rings (SSSR count). The summed E-state index contributed by atoms with van der Waals surface area (Å²) < 4.78 is 0. The average Bonchev–Trinajstić information content (AvgIpc) is 2.19. The maximum Gasteiger partial charge on any atom is 0.0613 e. The zero-order valence-electron chi connectivity index (χ0n) is 9.68. The van der Waals surface area contributed by atoms with E-state index in [-0.39, 0.29) is 5.54 Å². The number of aliphatic hydroxyl groups excluding tert-OH is 1. The van der Waals surface area contributed by atoms with E-state index < -0.39 is 0 Å². The SMILES string of the molecule is CC(C)CCNC1(CO)CCCCC1. The van der Waals surface area contributed by atoms with Crippen LogP contribution >= 0.6 is 0 Å². The molecule has 0 radical (unpaired) electrons. The van der Waals surface area contributed by atoms with Crippen LogP contribution in [0.4, 0.5) is 0 Å². The summed E-state index contributed by atoms with van der Waals surface area (Å²) in [5.74, 6) is 0.752. The van der Waals surface area contributed by atoms with Gasteiger partial charge in [-0.1, -0.05) is 33.1 Å². The van der Waals surface area contributed by atoms with Crippen LogP contribution in [0.1, 0.15) is 52.4 Å². The lowest BCUT2D eigenvalue weighted by atomic mass is 9.82. The highest BCUT2D eigenvalue weighted by atomic mass is 16.3. The van der Waals surface area contributed by atoms with E-state index in [9.17, 15) is 5.11 Å². The first-order valence-electron chi connectivity index (χ1n) is 6.04. The third-order valence-electron chi connectivity index (χ3n) is 3.34. The molecule has 0 bridgehead atoms. The zero-order chi connectivity index (χ0) is 10.4. The summed E-state index contributed by atoms with van der Waals surface area (Å²) in [7, 11) is 0. The Balaban J connectivity index is 2.29. The van der Waals surface area contributed by atoms with E-state index in [1.807, 2.05) is 0 Å². The Morgan fingerprint density at radius 3 is 2.36 bits per heavy atom. The van der Waals surface area contributed by atoms with Crippen LogP contribution in [0, 0.1) is 5.92 Å². The van der Waals surface area contributed by atoms with Crippen LogP contribution in [0.25, 0.3) is 0 Å². The third-order valence-corrected chi connectivity index (χ3v) is 3.34. The third kappa shape index (κ3) is 3.58. The highest BCUT2D eigenvalue weighted by Crippen LogP contribution is 2.27. The first kappa shape index (κ1) is 12.0. The van der Waals surface area contributed by atoms with E-state index in [0.717, 1.165) is 25.3 Å². The van der Waals surface area contributed by atoms with Crippen LogP contribution in [-0.2, 0) is 0 Å². The lowest BCUT2D eigenvalue weighted by Crippen LogP contribution is -2.50. The lowest BCUT2D eigenvalue weighted by molar-refractivity contribution is 0.120. The fourth-order valence-corrected chi connectivity index (χ4v) is 2.25. The molecule has 1 aliphatic carbocycles. The molecule has 0 aliphatic heterocycles. The van der Waals surface area contributed by atoms with Crippen molar-refractivity contribution in [1.29, 1.82) is 0 Å². The Bertz CT molecular complexity index is 150.